The van der Waals surface area contributed by atoms with Crippen LogP contribution in [-0.4, -0.2) is 22.8 Å². The van der Waals surface area contributed by atoms with Gasteiger partial charge in [-0.2, -0.15) is 0 Å². The minimum atomic E-state index is -3.81. The van der Waals surface area contributed by atoms with Crippen LogP contribution in [0.3, 0.4) is 0 Å². The fourth-order valence-corrected chi connectivity index (χ4v) is 4.07. The smallest absolute Gasteiger partial charge is 0.382 e. The third-order valence-electron chi connectivity index (χ3n) is 2.66. The van der Waals surface area contributed by atoms with Crippen LogP contribution in [0.25, 0.3) is 0 Å². The fraction of sp³-hybridized carbons (Fsp3) is 0.273. The quantitative estimate of drug-likeness (QED) is 0.273. The molecule has 0 aromatic heterocycles. The second-order valence-electron chi connectivity index (χ2n) is 3.60. The van der Waals surface area contributed by atoms with Crippen molar-refractivity contribution >= 4 is 13.7 Å². The van der Waals surface area contributed by atoms with Crippen LogP contribution in [0.5, 0.6) is 0 Å². The maximum Gasteiger partial charge on any atom is 0.382 e. The van der Waals surface area contributed by atoms with Gasteiger partial charge in [-0.25, -0.2) is 22.0 Å². The van der Waals surface area contributed by atoms with Crippen molar-refractivity contribution in [3.05, 3.63) is 41.7 Å². The molecule has 0 radical (unpaired) electrons. The lowest BCUT2D eigenvalue weighted by Gasteiger charge is -2.27. The molecule has 0 amide bonds. The van der Waals surface area contributed by atoms with E-state index in [1.54, 1.807) is 0 Å². The average Bonchev–Trinajstić information content (AvgIpc) is 2.42. The fourth-order valence-electron chi connectivity index (χ4n) is 1.69. The zero-order chi connectivity index (χ0) is 14.8. The maximum atomic E-state index is 13.7. The molecule has 1 aromatic carbocycles. The van der Waals surface area contributed by atoms with Crippen LogP contribution in [0.1, 0.15) is 0 Å². The number of rotatable bonds is 5. The molecular weight excluding hydrogens is 287 g/mol. The first-order valence-corrected chi connectivity index (χ1v) is 7.11. The molecule has 0 aliphatic heterocycles. The summed E-state index contributed by atoms with van der Waals surface area (Å²) in [5.74, 6) is -10.1. The summed E-state index contributed by atoms with van der Waals surface area (Å²) in [5, 5.41) is -1.05. The van der Waals surface area contributed by atoms with Gasteiger partial charge in [-0.15, -0.1) is 6.58 Å². The largest absolute Gasteiger partial charge is 0.394 e. The monoisotopic (exact) mass is 298 g/mol. The van der Waals surface area contributed by atoms with E-state index >= 15 is 0 Å². The predicted molar refractivity (Wildman–Crippen MR) is 60.6 cm³/mol. The van der Waals surface area contributed by atoms with E-state index in [-0.39, 0.29) is 6.04 Å². The van der Waals surface area contributed by atoms with E-state index in [1.165, 1.54) is 6.08 Å². The number of benzene rings is 1. The Bertz CT molecular complexity index is 473. The molecule has 8 heteroatoms. The molecule has 1 rings (SSSR count). The van der Waals surface area contributed by atoms with Crippen LogP contribution in [0.4, 0.5) is 22.0 Å². The van der Waals surface area contributed by atoms with Crippen LogP contribution < -0.4 is 5.19 Å². The van der Waals surface area contributed by atoms with Crippen molar-refractivity contribution in [3.8, 4) is 0 Å². The number of allylic oxidation sites excluding steroid dienone is 1. The lowest BCUT2D eigenvalue weighted by molar-refractivity contribution is 0.256. The van der Waals surface area contributed by atoms with E-state index in [2.05, 4.69) is 6.58 Å². The third-order valence-corrected chi connectivity index (χ3v) is 6.01. The molecule has 0 saturated heterocycles. The van der Waals surface area contributed by atoms with Gasteiger partial charge in [0, 0.05) is 20.3 Å². The Morgan fingerprint density at radius 2 is 1.26 bits per heavy atom. The molecule has 0 unspecified atom stereocenters. The molecule has 0 saturated carbocycles. The number of halogens is 5. The van der Waals surface area contributed by atoms with Crippen LogP contribution in [0.15, 0.2) is 12.7 Å². The van der Waals surface area contributed by atoms with Crippen LogP contribution in [0.2, 0.25) is 6.04 Å². The summed E-state index contributed by atoms with van der Waals surface area (Å²) >= 11 is 0. The highest BCUT2D eigenvalue weighted by molar-refractivity contribution is 6.81. The molecule has 0 atom stereocenters. The molecule has 0 aliphatic carbocycles. The molecule has 106 valence electrons. The van der Waals surface area contributed by atoms with E-state index in [9.17, 15) is 22.0 Å². The Morgan fingerprint density at radius 3 is 1.58 bits per heavy atom. The maximum absolute atomic E-state index is 13.7. The first kappa shape index (κ1) is 15.8. The zero-order valence-corrected chi connectivity index (χ0v) is 11.2. The summed E-state index contributed by atoms with van der Waals surface area (Å²) in [4.78, 5) is 0. The van der Waals surface area contributed by atoms with Crippen molar-refractivity contribution < 1.29 is 30.8 Å². The molecule has 0 aliphatic rings. The molecule has 0 fully saturated rings. The first-order valence-electron chi connectivity index (χ1n) is 5.09. The van der Waals surface area contributed by atoms with Gasteiger partial charge in [0.1, 0.15) is 0 Å². The van der Waals surface area contributed by atoms with Gasteiger partial charge in [-0.3, -0.25) is 0 Å². The van der Waals surface area contributed by atoms with Gasteiger partial charge in [0.15, 0.2) is 23.3 Å². The summed E-state index contributed by atoms with van der Waals surface area (Å²) in [6.45, 7) is 3.36. The Kier molecular flexibility index (Phi) is 4.83. The summed E-state index contributed by atoms with van der Waals surface area (Å²) in [5.41, 5.74) is 0. The van der Waals surface area contributed by atoms with Crippen molar-refractivity contribution in [1.82, 2.24) is 0 Å². The molecule has 19 heavy (non-hydrogen) atoms. The Balaban J connectivity index is 3.69. The highest BCUT2D eigenvalue weighted by Gasteiger charge is 2.45. The zero-order valence-electron chi connectivity index (χ0n) is 10.2. The van der Waals surface area contributed by atoms with Crippen molar-refractivity contribution in [2.75, 3.05) is 14.2 Å². The minimum absolute atomic E-state index is 0.168. The molecule has 0 bridgehead atoms. The predicted octanol–water partition coefficient (Wildman–Crippen LogP) is 2.51. The van der Waals surface area contributed by atoms with Gasteiger partial charge in [0.05, 0.1) is 5.19 Å². The Morgan fingerprint density at radius 1 is 0.895 bits per heavy atom. The summed E-state index contributed by atoms with van der Waals surface area (Å²) in [6.07, 6.45) is 1.23. The average molecular weight is 298 g/mol. The summed E-state index contributed by atoms with van der Waals surface area (Å²) < 4.78 is 76.6. The van der Waals surface area contributed by atoms with Crippen molar-refractivity contribution in [2.45, 2.75) is 6.04 Å². The van der Waals surface area contributed by atoms with Gasteiger partial charge in [0.2, 0.25) is 5.82 Å². The number of hydrogen-bond donors (Lipinski definition) is 0. The van der Waals surface area contributed by atoms with Crippen molar-refractivity contribution in [2.24, 2.45) is 0 Å². The van der Waals surface area contributed by atoms with E-state index in [1.807, 2.05) is 0 Å². The van der Waals surface area contributed by atoms with Crippen molar-refractivity contribution in [3.63, 3.8) is 0 Å². The van der Waals surface area contributed by atoms with Gasteiger partial charge in [0.25, 0.3) is 0 Å². The minimum Gasteiger partial charge on any atom is -0.394 e. The molecule has 2 nitrogen and oxygen atoms in total. The second kappa shape index (κ2) is 5.80. The number of hydrogen-bond acceptors (Lipinski definition) is 2. The van der Waals surface area contributed by atoms with Gasteiger partial charge >= 0.3 is 8.56 Å². The first-order chi connectivity index (χ1) is 8.86. The van der Waals surface area contributed by atoms with E-state index in [0.717, 1.165) is 14.2 Å². The standard InChI is InChI=1S/C11H11F5O2Si/c1-4-5-19(17-2,18-3)11-9(15)7(13)6(12)8(14)10(11)16/h4H,1,5H2,2-3H3. The van der Waals surface area contributed by atoms with Crippen LogP contribution in [-0.2, 0) is 8.85 Å². The van der Waals surface area contributed by atoms with Crippen LogP contribution >= 0.6 is 0 Å². The van der Waals surface area contributed by atoms with Gasteiger partial charge in [-0.1, -0.05) is 6.08 Å². The third kappa shape index (κ3) is 2.43. The molecule has 0 heterocycles. The van der Waals surface area contributed by atoms with E-state index < -0.39 is 42.8 Å². The van der Waals surface area contributed by atoms with Gasteiger partial charge in [-0.05, 0) is 0 Å². The highest BCUT2D eigenvalue weighted by atomic mass is 28.4. The molecule has 0 N–H and O–H groups in total. The lowest BCUT2D eigenvalue weighted by Crippen LogP contribution is -2.55. The van der Waals surface area contributed by atoms with E-state index in [0.29, 0.717) is 0 Å². The lowest BCUT2D eigenvalue weighted by atomic mass is 10.3. The Hall–Kier alpha value is -1.25. The van der Waals surface area contributed by atoms with E-state index in [4.69, 9.17) is 8.85 Å². The molecule has 0 spiro atoms. The SMILES string of the molecule is C=CC[Si](OC)(OC)c1c(F)c(F)c(F)c(F)c1F. The van der Waals surface area contributed by atoms with Gasteiger partial charge < -0.3 is 8.85 Å². The normalized spacial score (nSPS) is 11.7. The summed E-state index contributed by atoms with van der Waals surface area (Å²) in [7, 11) is -1.65. The summed E-state index contributed by atoms with van der Waals surface area (Å²) in [6, 6.07) is -0.168. The molecule has 1 aromatic rings. The second-order valence-corrected chi connectivity index (χ2v) is 6.83. The van der Waals surface area contributed by atoms with Crippen molar-refractivity contribution in [1.29, 1.82) is 0 Å². The Labute approximate surface area is 107 Å². The highest BCUT2D eigenvalue weighted by Crippen LogP contribution is 2.22. The van der Waals surface area contributed by atoms with Crippen LogP contribution in [0, 0.1) is 29.1 Å². The topological polar surface area (TPSA) is 18.5 Å². The molecular formula is C11H11F5O2Si.